The maximum Gasteiger partial charge on any atom is 0.419 e. The zero-order chi connectivity index (χ0) is 18.3. The van der Waals surface area contributed by atoms with Gasteiger partial charge in [-0.15, -0.1) is 24.8 Å². The number of aliphatic carboxylic acids is 1. The van der Waals surface area contributed by atoms with E-state index >= 15 is 0 Å². The molecule has 1 aromatic rings. The molecule has 9 heteroatoms. The van der Waals surface area contributed by atoms with Gasteiger partial charge in [0.05, 0.1) is 11.5 Å². The topological polar surface area (TPSA) is 40.5 Å². The number of carbonyl (C=O) groups is 1. The van der Waals surface area contributed by atoms with Crippen molar-refractivity contribution in [3.63, 3.8) is 0 Å². The Morgan fingerprint density at radius 2 is 1.85 bits per heavy atom. The molecule has 0 radical (unpaired) electrons. The van der Waals surface area contributed by atoms with Gasteiger partial charge in [0.25, 0.3) is 0 Å². The van der Waals surface area contributed by atoms with Crippen LogP contribution in [-0.4, -0.2) is 29.6 Å². The van der Waals surface area contributed by atoms with Crippen molar-refractivity contribution in [3.05, 3.63) is 35.1 Å². The molecule has 152 valence electrons. The van der Waals surface area contributed by atoms with Crippen molar-refractivity contribution < 1.29 is 27.5 Å². The summed E-state index contributed by atoms with van der Waals surface area (Å²) < 4.78 is 51.4. The lowest BCUT2D eigenvalue weighted by Crippen LogP contribution is -2.24. The SMILES string of the molecule is CCCCC(CCN(C)Cc1ccc(F)c(C(F)(F)F)c1)C(=O)O.Cl.Cl. The smallest absolute Gasteiger partial charge is 0.419 e. The summed E-state index contributed by atoms with van der Waals surface area (Å²) in [5, 5.41) is 9.17. The van der Waals surface area contributed by atoms with Crippen LogP contribution in [0.25, 0.3) is 0 Å². The summed E-state index contributed by atoms with van der Waals surface area (Å²) in [6.45, 7) is 2.63. The first-order valence-corrected chi connectivity index (χ1v) is 7.92. The van der Waals surface area contributed by atoms with E-state index in [0.29, 0.717) is 24.9 Å². The molecule has 0 aromatic heterocycles. The van der Waals surface area contributed by atoms with Crippen molar-refractivity contribution in [1.82, 2.24) is 4.90 Å². The molecule has 0 spiro atoms. The second-order valence-corrected chi connectivity index (χ2v) is 6.02. The Bertz CT molecular complexity index is 556. The van der Waals surface area contributed by atoms with Gasteiger partial charge in [-0.1, -0.05) is 25.8 Å². The fourth-order valence-electron chi connectivity index (χ4n) is 2.50. The third-order valence-corrected chi connectivity index (χ3v) is 3.90. The van der Waals surface area contributed by atoms with Crippen molar-refractivity contribution in [2.75, 3.05) is 13.6 Å². The minimum absolute atomic E-state index is 0. The monoisotopic (exact) mass is 421 g/mol. The van der Waals surface area contributed by atoms with Crippen LogP contribution in [0.4, 0.5) is 17.6 Å². The molecule has 3 nitrogen and oxygen atoms in total. The maximum absolute atomic E-state index is 13.3. The van der Waals surface area contributed by atoms with E-state index in [4.69, 9.17) is 0 Å². The largest absolute Gasteiger partial charge is 0.481 e. The first-order valence-electron chi connectivity index (χ1n) is 7.92. The van der Waals surface area contributed by atoms with Gasteiger partial charge in [-0.2, -0.15) is 13.2 Å². The van der Waals surface area contributed by atoms with Crippen LogP contribution >= 0.6 is 24.8 Å². The Balaban J connectivity index is 0. The van der Waals surface area contributed by atoms with Gasteiger partial charge in [-0.25, -0.2) is 4.39 Å². The summed E-state index contributed by atoms with van der Waals surface area (Å²) in [7, 11) is 1.70. The number of nitrogens with zero attached hydrogens (tertiary/aromatic N) is 1. The number of halogens is 6. The zero-order valence-electron chi connectivity index (χ0n) is 14.7. The Labute approximate surface area is 163 Å². The zero-order valence-corrected chi connectivity index (χ0v) is 16.3. The van der Waals surface area contributed by atoms with Gasteiger partial charge in [0, 0.05) is 6.54 Å². The van der Waals surface area contributed by atoms with E-state index in [1.807, 2.05) is 6.92 Å². The van der Waals surface area contributed by atoms with Crippen molar-refractivity contribution >= 4 is 30.8 Å². The number of rotatable bonds is 9. The highest BCUT2D eigenvalue weighted by Crippen LogP contribution is 2.32. The van der Waals surface area contributed by atoms with Gasteiger partial charge < -0.3 is 10.0 Å². The molecule has 0 fully saturated rings. The molecule has 0 aliphatic rings. The van der Waals surface area contributed by atoms with Crippen LogP contribution in [0.15, 0.2) is 18.2 Å². The standard InChI is InChI=1S/C17H23F4NO2.2ClH/c1-3-4-5-13(16(23)24)8-9-22(2)11-12-6-7-15(18)14(10-12)17(19,20)21;;/h6-7,10,13H,3-5,8-9,11H2,1-2H3,(H,23,24);2*1H. The van der Waals surface area contributed by atoms with Crippen LogP contribution in [0.3, 0.4) is 0 Å². The molecule has 1 unspecified atom stereocenters. The van der Waals surface area contributed by atoms with Crippen molar-refractivity contribution in [2.45, 2.75) is 45.3 Å². The van der Waals surface area contributed by atoms with E-state index in [9.17, 15) is 27.5 Å². The van der Waals surface area contributed by atoms with Crippen molar-refractivity contribution in [3.8, 4) is 0 Å². The number of benzene rings is 1. The molecule has 0 aliphatic heterocycles. The molecular formula is C17H25Cl2F4NO2. The molecule has 0 saturated carbocycles. The first kappa shape index (κ1) is 27.2. The van der Waals surface area contributed by atoms with Crippen LogP contribution in [0.2, 0.25) is 0 Å². The van der Waals surface area contributed by atoms with Crippen LogP contribution in [0, 0.1) is 11.7 Å². The van der Waals surface area contributed by atoms with Gasteiger partial charge in [0.1, 0.15) is 5.82 Å². The average molecular weight is 422 g/mol. The molecule has 0 saturated heterocycles. The van der Waals surface area contributed by atoms with Gasteiger partial charge in [-0.3, -0.25) is 4.79 Å². The van der Waals surface area contributed by atoms with Gasteiger partial charge in [0.2, 0.25) is 0 Å². The Morgan fingerprint density at radius 3 is 2.35 bits per heavy atom. The number of carboxylic acids is 1. The molecule has 0 aliphatic carbocycles. The number of hydrogen-bond donors (Lipinski definition) is 1. The lowest BCUT2D eigenvalue weighted by Gasteiger charge is -2.20. The predicted octanol–water partition coefficient (Wildman–Crippen LogP) is 5.40. The lowest BCUT2D eigenvalue weighted by molar-refractivity contribution is -0.142. The predicted molar refractivity (Wildman–Crippen MR) is 97.5 cm³/mol. The molecule has 1 aromatic carbocycles. The number of hydrogen-bond acceptors (Lipinski definition) is 2. The summed E-state index contributed by atoms with van der Waals surface area (Å²) in [4.78, 5) is 12.9. The van der Waals surface area contributed by atoms with E-state index in [1.165, 1.54) is 6.07 Å². The van der Waals surface area contributed by atoms with Gasteiger partial charge >= 0.3 is 12.1 Å². The number of carboxylic acid groups (broad SMARTS) is 1. The number of alkyl halides is 3. The normalized spacial score (nSPS) is 12.3. The second-order valence-electron chi connectivity index (χ2n) is 6.02. The van der Waals surface area contributed by atoms with E-state index < -0.39 is 29.4 Å². The molecule has 26 heavy (non-hydrogen) atoms. The highest BCUT2D eigenvalue weighted by atomic mass is 35.5. The first-order chi connectivity index (χ1) is 11.1. The van der Waals surface area contributed by atoms with E-state index in [0.717, 1.165) is 25.0 Å². The summed E-state index contributed by atoms with van der Waals surface area (Å²) in [6, 6.07) is 2.93. The van der Waals surface area contributed by atoms with Crippen molar-refractivity contribution in [1.29, 1.82) is 0 Å². The Hall–Kier alpha value is -1.05. The van der Waals surface area contributed by atoms with Crippen LogP contribution in [0.5, 0.6) is 0 Å². The summed E-state index contributed by atoms with van der Waals surface area (Å²) >= 11 is 0. The van der Waals surface area contributed by atoms with Crippen LogP contribution in [0.1, 0.15) is 43.7 Å². The molecular weight excluding hydrogens is 397 g/mol. The highest BCUT2D eigenvalue weighted by molar-refractivity contribution is 5.85. The average Bonchev–Trinajstić information content (AvgIpc) is 2.47. The van der Waals surface area contributed by atoms with E-state index in [2.05, 4.69) is 0 Å². The molecule has 0 heterocycles. The third-order valence-electron chi connectivity index (χ3n) is 3.90. The second kappa shape index (κ2) is 12.4. The molecule has 1 rings (SSSR count). The fraction of sp³-hybridized carbons (Fsp3) is 0.588. The summed E-state index contributed by atoms with van der Waals surface area (Å²) in [5.41, 5.74) is -0.939. The highest BCUT2D eigenvalue weighted by Gasteiger charge is 2.34. The molecule has 1 N–H and O–H groups in total. The summed E-state index contributed by atoms with van der Waals surface area (Å²) in [6.07, 6.45) is -1.97. The fourth-order valence-corrected chi connectivity index (χ4v) is 2.50. The summed E-state index contributed by atoms with van der Waals surface area (Å²) in [5.74, 6) is -2.59. The lowest BCUT2D eigenvalue weighted by atomic mass is 9.98. The molecule has 0 bridgehead atoms. The minimum Gasteiger partial charge on any atom is -0.481 e. The minimum atomic E-state index is -4.73. The van der Waals surface area contributed by atoms with Crippen molar-refractivity contribution in [2.24, 2.45) is 5.92 Å². The molecule has 0 amide bonds. The quantitative estimate of drug-likeness (QED) is 0.542. The number of unbranched alkanes of at least 4 members (excludes halogenated alkanes) is 1. The van der Waals surface area contributed by atoms with Gasteiger partial charge in [-0.05, 0) is 44.1 Å². The van der Waals surface area contributed by atoms with Crippen LogP contribution < -0.4 is 0 Å². The third kappa shape index (κ3) is 9.05. The molecule has 1 atom stereocenters. The maximum atomic E-state index is 13.3. The Morgan fingerprint density at radius 1 is 1.23 bits per heavy atom. The van der Waals surface area contributed by atoms with E-state index in [-0.39, 0.29) is 31.4 Å². The van der Waals surface area contributed by atoms with E-state index in [1.54, 1.807) is 11.9 Å². The van der Waals surface area contributed by atoms with Gasteiger partial charge in [0.15, 0.2) is 0 Å². The van der Waals surface area contributed by atoms with Crippen LogP contribution in [-0.2, 0) is 17.5 Å². The Kier molecular flexibility index (Phi) is 12.9.